The van der Waals surface area contributed by atoms with Gasteiger partial charge in [-0.25, -0.2) is 4.98 Å². The van der Waals surface area contributed by atoms with E-state index in [1.165, 1.54) is 45.6 Å². The Labute approximate surface area is 308 Å². The first-order valence-electron chi connectivity index (χ1n) is 19.6. The van der Waals surface area contributed by atoms with Gasteiger partial charge in [0.25, 0.3) is 0 Å². The van der Waals surface area contributed by atoms with Gasteiger partial charge in [0, 0.05) is 34.9 Å². The van der Waals surface area contributed by atoms with Crippen molar-refractivity contribution < 1.29 is 0 Å². The third-order valence-electron chi connectivity index (χ3n) is 12.3. The molecule has 0 amide bonds. The molecule has 7 atom stereocenters. The fourth-order valence-electron chi connectivity index (χ4n) is 9.95. The highest BCUT2D eigenvalue weighted by atomic mass is 15.3. The highest BCUT2D eigenvalue weighted by Gasteiger charge is 2.46. The van der Waals surface area contributed by atoms with Gasteiger partial charge >= 0.3 is 0 Å². The van der Waals surface area contributed by atoms with Gasteiger partial charge in [-0.05, 0) is 99.3 Å². The molecule has 5 aliphatic carbocycles. The number of nitrogens with zero attached hydrogens (tertiary/aromatic N) is 5. The second-order valence-electron chi connectivity index (χ2n) is 15.6. The molecule has 2 aliphatic heterocycles. The van der Waals surface area contributed by atoms with E-state index in [-0.39, 0.29) is 24.2 Å². The maximum atomic E-state index is 5.63. The summed E-state index contributed by atoms with van der Waals surface area (Å²) in [6.45, 7) is 2.40. The van der Waals surface area contributed by atoms with E-state index in [2.05, 4.69) is 154 Å². The van der Waals surface area contributed by atoms with Crippen molar-refractivity contribution in [2.75, 3.05) is 4.90 Å². The molecule has 0 fully saturated rings. The smallest absolute Gasteiger partial charge is 0.128 e. The van der Waals surface area contributed by atoms with Crippen molar-refractivity contribution in [2.45, 2.75) is 88.5 Å². The van der Waals surface area contributed by atoms with Crippen molar-refractivity contribution in [3.05, 3.63) is 156 Å². The summed E-state index contributed by atoms with van der Waals surface area (Å²) in [4.78, 5) is 16.5. The predicted molar refractivity (Wildman–Crippen MR) is 212 cm³/mol. The minimum absolute atomic E-state index is 0.127. The first-order chi connectivity index (χ1) is 25.7. The van der Waals surface area contributed by atoms with Gasteiger partial charge in [-0.2, -0.15) is 0 Å². The number of hydrogen-bond acceptors (Lipinski definition) is 5. The van der Waals surface area contributed by atoms with E-state index in [0.717, 1.165) is 57.2 Å². The first-order valence-corrected chi connectivity index (χ1v) is 19.6. The monoisotopic (exact) mass is 684 g/mol. The normalized spacial score (nSPS) is 30.2. The average molecular weight is 685 g/mol. The highest BCUT2D eigenvalue weighted by molar-refractivity contribution is 6.01. The van der Waals surface area contributed by atoms with Crippen molar-refractivity contribution in [3.8, 4) is 5.69 Å². The molecule has 6 heteroatoms. The zero-order valence-electron chi connectivity index (χ0n) is 30.1. The van der Waals surface area contributed by atoms with Gasteiger partial charge < -0.3 is 15.1 Å². The zero-order valence-corrected chi connectivity index (χ0v) is 30.1. The molecule has 262 valence electrons. The SMILES string of the molecule is CC1C=CCCC1N1C(C2=CC(c3nc4c(n3-c3ccccc3)C=CCC4)CC(C3NC4=C(C=CCC4)N3c3ccccc3)C2)=NC2C=CC=CC21. The molecule has 0 saturated heterocycles. The van der Waals surface area contributed by atoms with Crippen LogP contribution in [0.2, 0.25) is 0 Å². The molecule has 52 heavy (non-hydrogen) atoms. The van der Waals surface area contributed by atoms with Gasteiger partial charge in [-0.15, -0.1) is 0 Å². The molecule has 1 N–H and O–H groups in total. The Morgan fingerprint density at radius 1 is 0.808 bits per heavy atom. The molecule has 0 bridgehead atoms. The van der Waals surface area contributed by atoms with Crippen LogP contribution < -0.4 is 10.2 Å². The lowest BCUT2D eigenvalue weighted by Gasteiger charge is -2.43. The zero-order chi connectivity index (χ0) is 34.6. The number of rotatable bonds is 6. The summed E-state index contributed by atoms with van der Waals surface area (Å²) in [7, 11) is 0. The Morgan fingerprint density at radius 3 is 2.44 bits per heavy atom. The van der Waals surface area contributed by atoms with Gasteiger partial charge in [0.2, 0.25) is 0 Å². The Kier molecular flexibility index (Phi) is 7.99. The number of aryl methyl sites for hydroxylation is 1. The lowest BCUT2D eigenvalue weighted by atomic mass is 9.78. The summed E-state index contributed by atoms with van der Waals surface area (Å²) in [6, 6.07) is 22.7. The topological polar surface area (TPSA) is 48.7 Å². The van der Waals surface area contributed by atoms with Gasteiger partial charge in [-0.1, -0.05) is 98.0 Å². The molecule has 3 heterocycles. The third-order valence-corrected chi connectivity index (χ3v) is 12.3. The van der Waals surface area contributed by atoms with Gasteiger partial charge in [0.05, 0.1) is 29.2 Å². The molecule has 0 spiro atoms. The van der Waals surface area contributed by atoms with Crippen molar-refractivity contribution in [1.82, 2.24) is 19.8 Å². The molecule has 0 saturated carbocycles. The van der Waals surface area contributed by atoms with Crippen LogP contribution in [0.3, 0.4) is 0 Å². The van der Waals surface area contributed by atoms with Crippen LogP contribution in [0, 0.1) is 11.8 Å². The summed E-state index contributed by atoms with van der Waals surface area (Å²) >= 11 is 0. The summed E-state index contributed by atoms with van der Waals surface area (Å²) in [5.41, 5.74) is 8.97. The summed E-state index contributed by atoms with van der Waals surface area (Å²) in [5.74, 6) is 3.28. The third kappa shape index (κ3) is 5.37. The number of imidazole rings is 1. The predicted octanol–water partition coefficient (Wildman–Crippen LogP) is 9.18. The molecular formula is C46H48N6. The molecule has 1 aromatic heterocycles. The second kappa shape index (κ2) is 13.1. The van der Waals surface area contributed by atoms with Crippen LogP contribution >= 0.6 is 0 Å². The number of hydrogen-bond donors (Lipinski definition) is 1. The fraction of sp³-hybridized carbons (Fsp3) is 0.348. The van der Waals surface area contributed by atoms with Gasteiger partial charge in [0.1, 0.15) is 17.8 Å². The van der Waals surface area contributed by atoms with Crippen LogP contribution in [-0.4, -0.2) is 44.6 Å². The number of para-hydroxylation sites is 2. The van der Waals surface area contributed by atoms with Gasteiger partial charge in [0.15, 0.2) is 0 Å². The van der Waals surface area contributed by atoms with E-state index in [1.54, 1.807) is 0 Å². The van der Waals surface area contributed by atoms with Crippen LogP contribution in [-0.2, 0) is 6.42 Å². The molecule has 10 rings (SSSR count). The number of aromatic nitrogens is 2. The molecule has 7 unspecified atom stereocenters. The standard InChI is InChI=1S/C46H48N6/c1-31-16-8-12-24-40(31)52-43-27-15-11-23-39(43)49-46(52)34-29-32(44-47-37-21-9-13-25-41(37)50(44)35-17-4-2-5-18-35)28-33(30-34)45-48-38-22-10-14-26-42(38)51(45)36-19-6-3-7-20-36/h2-8,11,13-20,23,25-27,29,31-33,39-40,43,45,48H,9-10,12,21-22,24,28,30H2,1H3. The molecule has 6 nitrogen and oxygen atoms in total. The van der Waals surface area contributed by atoms with E-state index < -0.39 is 0 Å². The maximum Gasteiger partial charge on any atom is 0.128 e. The number of anilines is 1. The number of aliphatic imine (C=N–C) groups is 1. The number of amidine groups is 1. The van der Waals surface area contributed by atoms with E-state index in [4.69, 9.17) is 9.98 Å². The quantitative estimate of drug-likeness (QED) is 0.263. The number of allylic oxidation sites excluding steroid dienone is 8. The number of fused-ring (bicyclic) bond motifs is 2. The Balaban J connectivity index is 1.12. The van der Waals surface area contributed by atoms with Crippen molar-refractivity contribution in [3.63, 3.8) is 0 Å². The highest BCUT2D eigenvalue weighted by Crippen LogP contribution is 2.46. The second-order valence-corrected chi connectivity index (χ2v) is 15.6. The molecule has 0 radical (unpaired) electrons. The summed E-state index contributed by atoms with van der Waals surface area (Å²) in [6.07, 6.45) is 34.4. The van der Waals surface area contributed by atoms with Crippen molar-refractivity contribution >= 4 is 17.6 Å². The Hall–Kier alpha value is -5.10. The minimum Gasteiger partial charge on any atom is -0.366 e. The van der Waals surface area contributed by atoms with Crippen molar-refractivity contribution in [2.24, 2.45) is 16.8 Å². The van der Waals surface area contributed by atoms with E-state index in [9.17, 15) is 0 Å². The summed E-state index contributed by atoms with van der Waals surface area (Å²) in [5, 5.41) is 4.12. The number of nitrogens with one attached hydrogen (secondary N) is 1. The first kappa shape index (κ1) is 31.6. The van der Waals surface area contributed by atoms with Crippen LogP contribution in [0.4, 0.5) is 5.69 Å². The van der Waals surface area contributed by atoms with E-state index >= 15 is 0 Å². The lowest BCUT2D eigenvalue weighted by Crippen LogP contribution is -2.50. The molecule has 3 aromatic rings. The van der Waals surface area contributed by atoms with Gasteiger partial charge in [-0.3, -0.25) is 9.56 Å². The van der Waals surface area contributed by atoms with E-state index in [1.807, 2.05) is 0 Å². The Morgan fingerprint density at radius 2 is 1.60 bits per heavy atom. The largest absolute Gasteiger partial charge is 0.366 e. The maximum absolute atomic E-state index is 5.63. The van der Waals surface area contributed by atoms with Crippen LogP contribution in [0.15, 0.2) is 143 Å². The molecule has 7 aliphatic rings. The summed E-state index contributed by atoms with van der Waals surface area (Å²) < 4.78 is 2.46. The fourth-order valence-corrected chi connectivity index (χ4v) is 9.95. The minimum atomic E-state index is 0.127. The Bertz CT molecular complexity index is 2090. The molecule has 2 aromatic carbocycles. The van der Waals surface area contributed by atoms with Crippen LogP contribution in [0.1, 0.15) is 75.0 Å². The number of benzene rings is 2. The van der Waals surface area contributed by atoms with Crippen LogP contribution in [0.5, 0.6) is 0 Å². The lowest BCUT2D eigenvalue weighted by molar-refractivity contribution is 0.218. The average Bonchev–Trinajstić information content (AvgIpc) is 3.91. The molecular weight excluding hydrogens is 637 g/mol. The van der Waals surface area contributed by atoms with E-state index in [0.29, 0.717) is 17.9 Å². The van der Waals surface area contributed by atoms with Crippen LogP contribution in [0.25, 0.3) is 11.8 Å². The van der Waals surface area contributed by atoms with Crippen molar-refractivity contribution in [1.29, 1.82) is 0 Å².